The molecule has 3 nitrogen and oxygen atoms in total. The molecule has 0 aliphatic heterocycles. The normalized spacial score (nSPS) is 6.50. The van der Waals surface area contributed by atoms with Crippen LogP contribution in [0.2, 0.25) is 0 Å². The van der Waals surface area contributed by atoms with Gasteiger partial charge in [0.2, 0.25) is 0 Å². The zero-order valence-corrected chi connectivity index (χ0v) is 8.68. The van der Waals surface area contributed by atoms with E-state index in [1.54, 1.807) is 9.47 Å². The molecule has 0 rings (SSSR count). The first-order valence-corrected chi connectivity index (χ1v) is 1.41. The summed E-state index contributed by atoms with van der Waals surface area (Å²) in [5.41, 5.74) is 0. The average Bonchev–Trinajstić information content (AvgIpc) is 1.38. The molecule has 0 saturated heterocycles. The molecule has 0 spiro atoms. The third kappa shape index (κ3) is 9.34. The largest absolute Gasteiger partial charge is 2.00 e. The van der Waals surface area contributed by atoms with Crippen molar-refractivity contribution in [1.82, 2.24) is 0 Å². The van der Waals surface area contributed by atoms with Gasteiger partial charge in [-0.15, -0.1) is 0 Å². The molecule has 0 amide bonds. The van der Waals surface area contributed by atoms with Crippen molar-refractivity contribution in [2.75, 3.05) is 0 Å². The van der Waals surface area contributed by atoms with E-state index in [4.69, 9.17) is 10.0 Å². The second-order valence-electron chi connectivity index (χ2n) is 0.425. The van der Waals surface area contributed by atoms with Crippen LogP contribution in [0.3, 0.4) is 0 Å². The molecule has 0 saturated carbocycles. The van der Waals surface area contributed by atoms with Crippen molar-refractivity contribution in [1.29, 1.82) is 0 Å². The van der Waals surface area contributed by atoms with Crippen molar-refractivity contribution < 1.29 is 14.5 Å². The van der Waals surface area contributed by atoms with Crippen molar-refractivity contribution in [3.8, 4) is 0 Å². The Balaban J connectivity index is 0. The predicted molar refractivity (Wildman–Crippen MR) is 22.3 cm³/mol. The summed E-state index contributed by atoms with van der Waals surface area (Å²) in [7, 11) is -0.583. The fourth-order valence-electron chi connectivity index (χ4n) is 0. The Kier molecular flexibility index (Phi) is 12.6. The first kappa shape index (κ1) is 10.8. The Bertz CT molecular complexity index is 24.8. The van der Waals surface area contributed by atoms with Gasteiger partial charge in [-0.1, -0.05) is 0 Å². The molecule has 0 aromatic heterocycles. The van der Waals surface area contributed by atoms with E-state index in [0.717, 1.165) is 0 Å². The van der Waals surface area contributed by atoms with Gasteiger partial charge < -0.3 is 14.5 Å². The topological polar surface area (TPSA) is 55.3 Å². The van der Waals surface area contributed by atoms with Crippen molar-refractivity contribution in [3.05, 3.63) is 0 Å². The molecule has 0 fully saturated rings. The van der Waals surface area contributed by atoms with E-state index in [9.17, 15) is 0 Å². The quantitative estimate of drug-likeness (QED) is 0.358. The maximum absolute atomic E-state index is 9.10. The van der Waals surface area contributed by atoms with E-state index in [1.807, 2.05) is 0 Å². The van der Waals surface area contributed by atoms with Crippen molar-refractivity contribution in [2.24, 2.45) is 0 Å². The van der Waals surface area contributed by atoms with Crippen LogP contribution in [0, 0.1) is 0 Å². The Labute approximate surface area is 79.0 Å². The minimum Gasteiger partial charge on any atom is -0.870 e. The van der Waals surface area contributed by atoms with Gasteiger partial charge in [0.25, 0.3) is 0 Å². The van der Waals surface area contributed by atoms with Crippen LogP contribution in [0.4, 0.5) is 0 Å². The third-order valence-electron chi connectivity index (χ3n) is 0.111. The van der Waals surface area contributed by atoms with Crippen LogP contribution < -0.4 is 10.0 Å². The zero-order chi connectivity index (χ0) is 4.28. The van der Waals surface area contributed by atoms with Crippen molar-refractivity contribution in [3.63, 3.8) is 0 Å². The standard InChI is InChI=1S/BH2O3P.Ba/c2-1(3)4-5;/h5H2;/q-2;+2. The molecule has 0 aliphatic rings. The summed E-state index contributed by atoms with van der Waals surface area (Å²) in [5.74, 6) is 0. The van der Waals surface area contributed by atoms with Crippen molar-refractivity contribution >= 4 is 65.7 Å². The molecule has 30 valence electrons. The van der Waals surface area contributed by atoms with E-state index >= 15 is 0 Å². The molecule has 0 heterocycles. The van der Waals surface area contributed by atoms with E-state index in [1.165, 1.54) is 0 Å². The Hall–Kier alpha value is 1.95. The summed E-state index contributed by atoms with van der Waals surface area (Å²) in [6.07, 6.45) is 0. The second kappa shape index (κ2) is 6.95. The fraction of sp³-hybridized carbons (Fsp3) is 0. The van der Waals surface area contributed by atoms with Gasteiger partial charge in [0.15, 0.2) is 0 Å². The molecule has 1 atom stereocenters. The summed E-state index contributed by atoms with van der Waals surface area (Å²) >= 11 is 0. The van der Waals surface area contributed by atoms with Gasteiger partial charge in [-0.3, -0.25) is 0 Å². The van der Waals surface area contributed by atoms with Crippen LogP contribution in [-0.2, 0) is 4.44 Å². The van der Waals surface area contributed by atoms with Crippen LogP contribution in [0.1, 0.15) is 0 Å². The van der Waals surface area contributed by atoms with E-state index < -0.39 is 7.32 Å². The van der Waals surface area contributed by atoms with Gasteiger partial charge in [-0.25, -0.2) is 0 Å². The van der Waals surface area contributed by atoms with Crippen LogP contribution in [0.5, 0.6) is 0 Å². The van der Waals surface area contributed by atoms with Gasteiger partial charge in [0, 0.05) is 0 Å². The number of hydrogen-bond donors (Lipinski definition) is 0. The molecule has 0 bridgehead atoms. The van der Waals surface area contributed by atoms with Crippen LogP contribution in [0.15, 0.2) is 0 Å². The Morgan fingerprint density at radius 3 is 1.67 bits per heavy atom. The maximum atomic E-state index is 9.10. The first-order chi connectivity index (χ1) is 2.27. The summed E-state index contributed by atoms with van der Waals surface area (Å²) in [4.78, 5) is 0. The molecule has 6 heteroatoms. The molecule has 0 aromatic carbocycles. The molecule has 6 heavy (non-hydrogen) atoms. The summed E-state index contributed by atoms with van der Waals surface area (Å²) < 4.78 is 3.56. The van der Waals surface area contributed by atoms with Gasteiger partial charge in [-0.05, 0) is 9.47 Å². The van der Waals surface area contributed by atoms with E-state index in [2.05, 4.69) is 4.44 Å². The SMILES string of the molecule is [Ba+2].[O-]B([O-])OP. The molecular weight excluding hydrogens is 227 g/mol. The van der Waals surface area contributed by atoms with Gasteiger partial charge in [0.1, 0.15) is 0 Å². The molecule has 0 aromatic rings. The average molecular weight is 229 g/mol. The third-order valence-corrected chi connectivity index (χ3v) is 0.333. The monoisotopic (exact) mass is 230 g/mol. The minimum absolute atomic E-state index is 0. The van der Waals surface area contributed by atoms with Gasteiger partial charge in [0.05, 0.1) is 7.32 Å². The minimum atomic E-state index is -2.15. The van der Waals surface area contributed by atoms with Gasteiger partial charge >= 0.3 is 48.9 Å². The van der Waals surface area contributed by atoms with Crippen LogP contribution >= 0.6 is 9.47 Å². The predicted octanol–water partition coefficient (Wildman–Crippen LogP) is -2.88. The fourth-order valence-corrected chi connectivity index (χ4v) is 0. The second-order valence-corrected chi connectivity index (χ2v) is 0.697. The molecule has 1 unspecified atom stereocenters. The van der Waals surface area contributed by atoms with Gasteiger partial charge in [-0.2, -0.15) is 0 Å². The molecule has 0 N–H and O–H groups in total. The zero-order valence-electron chi connectivity index (χ0n) is 3.09. The Morgan fingerprint density at radius 2 is 1.67 bits per heavy atom. The molecule has 0 aliphatic carbocycles. The summed E-state index contributed by atoms with van der Waals surface area (Å²) in [5, 5.41) is 18.2. The van der Waals surface area contributed by atoms with E-state index in [-0.39, 0.29) is 48.9 Å². The Morgan fingerprint density at radius 1 is 1.50 bits per heavy atom. The van der Waals surface area contributed by atoms with E-state index in [0.29, 0.717) is 0 Å². The number of hydrogen-bond acceptors (Lipinski definition) is 3. The molecule has 0 radical (unpaired) electrons. The van der Waals surface area contributed by atoms with Crippen LogP contribution in [0.25, 0.3) is 0 Å². The first-order valence-electron chi connectivity index (χ1n) is 0.943. The van der Waals surface area contributed by atoms with Crippen LogP contribution in [-0.4, -0.2) is 56.2 Å². The summed E-state index contributed by atoms with van der Waals surface area (Å²) in [6.45, 7) is 0. The molecular formula is H2BBaO3P. The smallest absolute Gasteiger partial charge is 0.870 e. The maximum Gasteiger partial charge on any atom is 2.00 e. The van der Waals surface area contributed by atoms with Crippen molar-refractivity contribution in [2.45, 2.75) is 0 Å². The number of rotatable bonds is 1. The summed E-state index contributed by atoms with van der Waals surface area (Å²) in [6, 6.07) is 0.